The van der Waals surface area contributed by atoms with Crippen molar-refractivity contribution < 1.29 is 0 Å². The topological polar surface area (TPSA) is 67.7 Å². The largest absolute Gasteiger partial charge is 0.373 e. The second-order valence-corrected chi connectivity index (χ2v) is 5.58. The van der Waals surface area contributed by atoms with Gasteiger partial charge in [0.2, 0.25) is 0 Å². The summed E-state index contributed by atoms with van der Waals surface area (Å²) in [6.07, 6.45) is 2.97. The Morgan fingerprint density at radius 2 is 1.95 bits per heavy atom. The van der Waals surface area contributed by atoms with Crippen LogP contribution in [0.5, 0.6) is 0 Å². The highest BCUT2D eigenvalue weighted by molar-refractivity contribution is 7.98. The molecule has 0 aliphatic carbocycles. The maximum Gasteiger partial charge on any atom is 0.191 e. The summed E-state index contributed by atoms with van der Waals surface area (Å²) >= 11 is 1.54. The van der Waals surface area contributed by atoms with Crippen LogP contribution in [-0.2, 0) is 6.54 Å². The number of nitrogens with one attached hydrogen (secondary N) is 2. The zero-order valence-corrected chi connectivity index (χ0v) is 13.8. The van der Waals surface area contributed by atoms with Crippen molar-refractivity contribution in [3.8, 4) is 0 Å². The molecular weight excluding hydrogens is 284 g/mol. The Labute approximate surface area is 129 Å². The average molecular weight is 306 g/mol. The van der Waals surface area contributed by atoms with Crippen LogP contribution in [0.25, 0.3) is 0 Å². The van der Waals surface area contributed by atoms with Gasteiger partial charge in [-0.05, 0) is 32.6 Å². The van der Waals surface area contributed by atoms with E-state index in [4.69, 9.17) is 0 Å². The first-order valence-corrected chi connectivity index (χ1v) is 8.20. The average Bonchev–Trinajstić information content (AvgIpc) is 2.81. The SMILES string of the molecule is CNc1cc(NCCCn2nc(C)cc2C)nc(SC)n1. The van der Waals surface area contributed by atoms with Crippen LogP contribution in [0.4, 0.5) is 11.6 Å². The van der Waals surface area contributed by atoms with Gasteiger partial charge >= 0.3 is 0 Å². The van der Waals surface area contributed by atoms with E-state index in [9.17, 15) is 0 Å². The molecule has 0 amide bonds. The Morgan fingerprint density at radius 1 is 1.19 bits per heavy atom. The molecule has 0 spiro atoms. The van der Waals surface area contributed by atoms with Crippen molar-refractivity contribution in [2.75, 3.05) is 30.5 Å². The molecule has 2 aromatic rings. The number of thioether (sulfide) groups is 1. The van der Waals surface area contributed by atoms with Gasteiger partial charge in [0.15, 0.2) is 5.16 Å². The van der Waals surface area contributed by atoms with Gasteiger partial charge in [0.1, 0.15) is 11.6 Å². The Bertz CT molecular complexity index is 573. The van der Waals surface area contributed by atoms with Crippen molar-refractivity contribution >= 4 is 23.4 Å². The van der Waals surface area contributed by atoms with Gasteiger partial charge in [-0.25, -0.2) is 9.97 Å². The van der Waals surface area contributed by atoms with Crippen molar-refractivity contribution in [3.05, 3.63) is 23.5 Å². The standard InChI is InChI=1S/C14H22N6S/c1-10-8-11(2)20(19-10)7-5-6-16-13-9-12(15-3)17-14(18-13)21-4/h8-9H,5-7H2,1-4H3,(H2,15,16,17,18). The van der Waals surface area contributed by atoms with Crippen LogP contribution in [0.3, 0.4) is 0 Å². The highest BCUT2D eigenvalue weighted by Gasteiger charge is 2.03. The maximum absolute atomic E-state index is 4.46. The van der Waals surface area contributed by atoms with Crippen molar-refractivity contribution in [3.63, 3.8) is 0 Å². The molecular formula is C14H22N6S. The first kappa shape index (κ1) is 15.6. The molecule has 114 valence electrons. The van der Waals surface area contributed by atoms with E-state index in [0.717, 1.165) is 42.0 Å². The summed E-state index contributed by atoms with van der Waals surface area (Å²) in [5, 5.41) is 11.6. The Morgan fingerprint density at radius 3 is 2.57 bits per heavy atom. The molecule has 0 aliphatic heterocycles. The zero-order chi connectivity index (χ0) is 15.2. The van der Waals surface area contributed by atoms with Gasteiger partial charge in [-0.3, -0.25) is 4.68 Å². The summed E-state index contributed by atoms with van der Waals surface area (Å²) in [7, 11) is 1.86. The van der Waals surface area contributed by atoms with Gasteiger partial charge < -0.3 is 10.6 Å². The number of nitrogens with zero attached hydrogens (tertiary/aromatic N) is 4. The first-order chi connectivity index (χ1) is 10.1. The minimum Gasteiger partial charge on any atom is -0.373 e. The fraction of sp³-hybridized carbons (Fsp3) is 0.500. The minimum absolute atomic E-state index is 0.767. The van der Waals surface area contributed by atoms with Crippen LogP contribution in [-0.4, -0.2) is 39.6 Å². The van der Waals surface area contributed by atoms with Crippen LogP contribution in [0.1, 0.15) is 17.8 Å². The first-order valence-electron chi connectivity index (χ1n) is 6.98. The van der Waals surface area contributed by atoms with Crippen LogP contribution < -0.4 is 10.6 Å². The summed E-state index contributed by atoms with van der Waals surface area (Å²) in [4.78, 5) is 8.79. The second kappa shape index (κ2) is 7.31. The van der Waals surface area contributed by atoms with E-state index < -0.39 is 0 Å². The van der Waals surface area contributed by atoms with Gasteiger partial charge in [-0.2, -0.15) is 5.10 Å². The Balaban J connectivity index is 1.87. The number of anilines is 2. The molecule has 7 heteroatoms. The van der Waals surface area contributed by atoms with E-state index >= 15 is 0 Å². The van der Waals surface area contributed by atoms with Gasteiger partial charge in [0.05, 0.1) is 5.69 Å². The lowest BCUT2D eigenvalue weighted by atomic mass is 10.4. The molecule has 21 heavy (non-hydrogen) atoms. The predicted octanol–water partition coefficient (Wildman–Crippen LogP) is 2.56. The van der Waals surface area contributed by atoms with Crippen LogP contribution in [0.15, 0.2) is 17.3 Å². The van der Waals surface area contributed by atoms with Gasteiger partial charge in [-0.15, -0.1) is 0 Å². The van der Waals surface area contributed by atoms with Crippen molar-refractivity contribution in [2.24, 2.45) is 0 Å². The van der Waals surface area contributed by atoms with E-state index in [0.29, 0.717) is 0 Å². The summed E-state index contributed by atoms with van der Waals surface area (Å²) in [6, 6.07) is 4.02. The third-order valence-electron chi connectivity index (χ3n) is 3.10. The lowest BCUT2D eigenvalue weighted by molar-refractivity contribution is 0.573. The fourth-order valence-electron chi connectivity index (χ4n) is 2.08. The molecule has 0 radical (unpaired) electrons. The van der Waals surface area contributed by atoms with Crippen LogP contribution in [0.2, 0.25) is 0 Å². The Kier molecular flexibility index (Phi) is 5.44. The molecule has 0 atom stereocenters. The molecule has 0 aliphatic rings. The van der Waals surface area contributed by atoms with Gasteiger partial charge in [-0.1, -0.05) is 11.8 Å². The van der Waals surface area contributed by atoms with Gasteiger partial charge in [0, 0.05) is 31.9 Å². The smallest absolute Gasteiger partial charge is 0.191 e. The van der Waals surface area contributed by atoms with Crippen molar-refractivity contribution in [1.29, 1.82) is 0 Å². The molecule has 0 unspecified atom stereocenters. The van der Waals surface area contributed by atoms with Crippen molar-refractivity contribution in [2.45, 2.75) is 32.0 Å². The quantitative estimate of drug-likeness (QED) is 0.465. The minimum atomic E-state index is 0.767. The van der Waals surface area contributed by atoms with E-state index in [2.05, 4.69) is 38.7 Å². The number of hydrogen-bond donors (Lipinski definition) is 2. The monoisotopic (exact) mass is 306 g/mol. The lowest BCUT2D eigenvalue weighted by Gasteiger charge is -2.09. The van der Waals surface area contributed by atoms with E-state index in [1.165, 1.54) is 17.5 Å². The molecule has 0 fully saturated rings. The predicted molar refractivity (Wildman–Crippen MR) is 88.2 cm³/mol. The zero-order valence-electron chi connectivity index (χ0n) is 13.0. The van der Waals surface area contributed by atoms with Gasteiger partial charge in [0.25, 0.3) is 0 Å². The normalized spacial score (nSPS) is 10.7. The van der Waals surface area contributed by atoms with E-state index in [-0.39, 0.29) is 0 Å². The highest BCUT2D eigenvalue weighted by Crippen LogP contribution is 2.16. The van der Waals surface area contributed by atoms with Crippen LogP contribution >= 0.6 is 11.8 Å². The number of rotatable bonds is 7. The van der Waals surface area contributed by atoms with Crippen molar-refractivity contribution in [1.82, 2.24) is 19.7 Å². The van der Waals surface area contributed by atoms with Crippen LogP contribution in [0, 0.1) is 13.8 Å². The number of aryl methyl sites for hydroxylation is 3. The summed E-state index contributed by atoms with van der Waals surface area (Å²) < 4.78 is 2.04. The Hall–Kier alpha value is -1.76. The summed E-state index contributed by atoms with van der Waals surface area (Å²) in [6.45, 7) is 5.87. The summed E-state index contributed by atoms with van der Waals surface area (Å²) in [5.74, 6) is 1.68. The molecule has 2 rings (SSSR count). The fourth-order valence-corrected chi connectivity index (χ4v) is 2.46. The molecule has 2 N–H and O–H groups in total. The molecule has 2 heterocycles. The molecule has 0 saturated carbocycles. The molecule has 2 aromatic heterocycles. The third-order valence-corrected chi connectivity index (χ3v) is 3.65. The van der Waals surface area contributed by atoms with E-state index in [1.54, 1.807) is 0 Å². The second-order valence-electron chi connectivity index (χ2n) is 4.81. The van der Waals surface area contributed by atoms with E-state index in [1.807, 2.05) is 31.0 Å². The molecule has 0 aromatic carbocycles. The number of aromatic nitrogens is 4. The highest BCUT2D eigenvalue weighted by atomic mass is 32.2. The maximum atomic E-state index is 4.46. The molecule has 6 nitrogen and oxygen atoms in total. The summed E-state index contributed by atoms with van der Waals surface area (Å²) in [5.41, 5.74) is 2.27. The lowest BCUT2D eigenvalue weighted by Crippen LogP contribution is -2.10. The molecule has 0 saturated heterocycles. The third kappa shape index (κ3) is 4.35. The molecule has 0 bridgehead atoms. The number of hydrogen-bond acceptors (Lipinski definition) is 6.